The maximum atomic E-state index is 4.94. The molecule has 1 aromatic heterocycles. The number of likely N-dealkylation sites (tertiary alicyclic amines) is 1. The molecule has 1 fully saturated rings. The Labute approximate surface area is 121 Å². The molecule has 0 atom stereocenters. The van der Waals surface area contributed by atoms with Crippen molar-refractivity contribution in [2.45, 2.75) is 52.0 Å². The van der Waals surface area contributed by atoms with Gasteiger partial charge in [-0.15, -0.1) is 11.3 Å². The Bertz CT molecular complexity index is 400. The molecular weight excluding hydrogens is 254 g/mol. The second-order valence-electron chi connectivity index (χ2n) is 5.69. The topological polar surface area (TPSA) is 28.2 Å². The summed E-state index contributed by atoms with van der Waals surface area (Å²) in [6.07, 6.45) is 4.59. The third kappa shape index (κ3) is 3.18. The Morgan fingerprint density at radius 2 is 2.00 bits per heavy atom. The van der Waals surface area contributed by atoms with Crippen LogP contribution in [0.3, 0.4) is 0 Å². The van der Waals surface area contributed by atoms with Gasteiger partial charge in [-0.25, -0.2) is 4.98 Å². The molecule has 1 aromatic rings. The van der Waals surface area contributed by atoms with Gasteiger partial charge in [0.05, 0.1) is 11.2 Å². The molecule has 0 radical (unpaired) electrons. The van der Waals surface area contributed by atoms with Crippen LogP contribution in [0.2, 0.25) is 0 Å². The summed E-state index contributed by atoms with van der Waals surface area (Å²) >= 11 is 1.90. The summed E-state index contributed by atoms with van der Waals surface area (Å²) in [7, 11) is 2.22. The number of nitrogens with zero attached hydrogens (tertiary/aromatic N) is 2. The normalized spacial score (nSPS) is 19.8. The first-order chi connectivity index (χ1) is 9.11. The zero-order chi connectivity index (χ0) is 13.9. The van der Waals surface area contributed by atoms with Crippen molar-refractivity contribution in [3.05, 3.63) is 15.6 Å². The van der Waals surface area contributed by atoms with Crippen LogP contribution < -0.4 is 5.32 Å². The van der Waals surface area contributed by atoms with Crippen LogP contribution in [0.4, 0.5) is 0 Å². The highest BCUT2D eigenvalue weighted by molar-refractivity contribution is 7.11. The smallest absolute Gasteiger partial charge is 0.113 e. The molecule has 0 aliphatic carbocycles. The fourth-order valence-corrected chi connectivity index (χ4v) is 4.02. The lowest BCUT2D eigenvalue weighted by molar-refractivity contribution is 0.156. The number of rotatable bonds is 5. The standard InChI is InChI=1S/C15H27N3S/c1-5-9-16-15(7-10-18(4)11-8-15)14-17-13(6-2)12(3)19-14/h16H,5-11H2,1-4H3. The first-order valence-electron chi connectivity index (χ1n) is 7.51. The Morgan fingerprint density at radius 1 is 1.32 bits per heavy atom. The predicted molar refractivity (Wildman–Crippen MR) is 82.9 cm³/mol. The lowest BCUT2D eigenvalue weighted by Crippen LogP contribution is -2.50. The average Bonchev–Trinajstić information content (AvgIpc) is 2.80. The molecule has 0 saturated carbocycles. The summed E-state index contributed by atoms with van der Waals surface area (Å²) in [6, 6.07) is 0. The first kappa shape index (κ1) is 14.9. The summed E-state index contributed by atoms with van der Waals surface area (Å²) in [4.78, 5) is 8.76. The predicted octanol–water partition coefficient (Wildman–Crippen LogP) is 2.93. The number of piperidine rings is 1. The summed E-state index contributed by atoms with van der Waals surface area (Å²) in [6.45, 7) is 10.1. The third-order valence-corrected chi connectivity index (χ3v) is 5.41. The van der Waals surface area contributed by atoms with Gasteiger partial charge in [-0.05, 0) is 46.2 Å². The minimum atomic E-state index is 0.130. The van der Waals surface area contributed by atoms with Gasteiger partial charge < -0.3 is 10.2 Å². The minimum absolute atomic E-state index is 0.130. The largest absolute Gasteiger partial charge is 0.306 e. The number of aryl methyl sites for hydroxylation is 2. The van der Waals surface area contributed by atoms with Crippen LogP contribution in [0, 0.1) is 6.92 Å². The highest BCUT2D eigenvalue weighted by atomic mass is 32.1. The van der Waals surface area contributed by atoms with E-state index >= 15 is 0 Å². The van der Waals surface area contributed by atoms with Gasteiger partial charge in [-0.1, -0.05) is 13.8 Å². The van der Waals surface area contributed by atoms with E-state index in [1.807, 2.05) is 11.3 Å². The molecule has 0 amide bonds. The molecular formula is C15H27N3S. The van der Waals surface area contributed by atoms with Crippen molar-refractivity contribution in [2.75, 3.05) is 26.7 Å². The molecule has 108 valence electrons. The van der Waals surface area contributed by atoms with E-state index in [9.17, 15) is 0 Å². The zero-order valence-electron chi connectivity index (χ0n) is 12.8. The van der Waals surface area contributed by atoms with Crippen LogP contribution in [0.15, 0.2) is 0 Å². The summed E-state index contributed by atoms with van der Waals surface area (Å²) in [5.41, 5.74) is 1.42. The molecule has 0 spiro atoms. The lowest BCUT2D eigenvalue weighted by atomic mass is 9.88. The van der Waals surface area contributed by atoms with Gasteiger partial charge in [0, 0.05) is 18.0 Å². The van der Waals surface area contributed by atoms with Gasteiger partial charge >= 0.3 is 0 Å². The van der Waals surface area contributed by atoms with E-state index in [1.165, 1.54) is 34.8 Å². The summed E-state index contributed by atoms with van der Waals surface area (Å²) in [5, 5.41) is 5.13. The maximum Gasteiger partial charge on any atom is 0.113 e. The highest BCUT2D eigenvalue weighted by Gasteiger charge is 2.37. The highest BCUT2D eigenvalue weighted by Crippen LogP contribution is 2.36. The Morgan fingerprint density at radius 3 is 2.53 bits per heavy atom. The van der Waals surface area contributed by atoms with Crippen molar-refractivity contribution >= 4 is 11.3 Å². The van der Waals surface area contributed by atoms with Gasteiger partial charge in [-0.3, -0.25) is 0 Å². The van der Waals surface area contributed by atoms with Crippen molar-refractivity contribution in [3.8, 4) is 0 Å². The van der Waals surface area contributed by atoms with Gasteiger partial charge in [0.2, 0.25) is 0 Å². The zero-order valence-corrected chi connectivity index (χ0v) is 13.6. The third-order valence-electron chi connectivity index (χ3n) is 4.19. The van der Waals surface area contributed by atoms with E-state index in [0.29, 0.717) is 0 Å². The van der Waals surface area contributed by atoms with E-state index < -0.39 is 0 Å². The SMILES string of the molecule is CCCNC1(c2nc(CC)c(C)s2)CCN(C)CC1. The Kier molecular flexibility index (Phi) is 4.98. The molecule has 1 N–H and O–H groups in total. The number of hydrogen-bond donors (Lipinski definition) is 1. The van der Waals surface area contributed by atoms with Gasteiger partial charge in [0.1, 0.15) is 5.01 Å². The molecule has 0 aromatic carbocycles. The summed E-state index contributed by atoms with van der Waals surface area (Å²) in [5.74, 6) is 0. The van der Waals surface area contributed by atoms with Crippen molar-refractivity contribution in [1.82, 2.24) is 15.2 Å². The molecule has 0 unspecified atom stereocenters. The van der Waals surface area contributed by atoms with E-state index in [1.54, 1.807) is 0 Å². The van der Waals surface area contributed by atoms with E-state index in [4.69, 9.17) is 4.98 Å². The Balaban J connectivity index is 2.25. The second kappa shape index (κ2) is 6.33. The van der Waals surface area contributed by atoms with Gasteiger partial charge in [0.25, 0.3) is 0 Å². The molecule has 1 saturated heterocycles. The average molecular weight is 281 g/mol. The molecule has 19 heavy (non-hydrogen) atoms. The molecule has 4 heteroatoms. The molecule has 3 nitrogen and oxygen atoms in total. The van der Waals surface area contributed by atoms with Crippen molar-refractivity contribution in [1.29, 1.82) is 0 Å². The van der Waals surface area contributed by atoms with E-state index in [-0.39, 0.29) is 5.54 Å². The molecule has 2 rings (SSSR count). The number of thiazole rings is 1. The Hall–Kier alpha value is -0.450. The van der Waals surface area contributed by atoms with E-state index in [0.717, 1.165) is 26.1 Å². The maximum absolute atomic E-state index is 4.94. The molecule has 0 bridgehead atoms. The van der Waals surface area contributed by atoms with Gasteiger partial charge in [0.15, 0.2) is 0 Å². The monoisotopic (exact) mass is 281 g/mol. The lowest BCUT2D eigenvalue weighted by Gasteiger charge is -2.40. The fourth-order valence-electron chi connectivity index (χ4n) is 2.79. The van der Waals surface area contributed by atoms with Gasteiger partial charge in [-0.2, -0.15) is 0 Å². The van der Waals surface area contributed by atoms with Crippen molar-refractivity contribution in [3.63, 3.8) is 0 Å². The van der Waals surface area contributed by atoms with Crippen molar-refractivity contribution in [2.24, 2.45) is 0 Å². The van der Waals surface area contributed by atoms with Crippen LogP contribution >= 0.6 is 11.3 Å². The van der Waals surface area contributed by atoms with Crippen LogP contribution in [0.1, 0.15) is 48.7 Å². The van der Waals surface area contributed by atoms with Crippen LogP contribution in [-0.4, -0.2) is 36.6 Å². The molecule has 1 aliphatic heterocycles. The number of nitrogens with one attached hydrogen (secondary N) is 1. The molecule has 1 aliphatic rings. The first-order valence-corrected chi connectivity index (χ1v) is 8.33. The van der Waals surface area contributed by atoms with Crippen LogP contribution in [0.25, 0.3) is 0 Å². The summed E-state index contributed by atoms with van der Waals surface area (Å²) < 4.78 is 0. The molecule has 2 heterocycles. The second-order valence-corrected chi connectivity index (χ2v) is 6.89. The van der Waals surface area contributed by atoms with E-state index in [2.05, 4.69) is 38.0 Å². The van der Waals surface area contributed by atoms with Crippen LogP contribution in [-0.2, 0) is 12.0 Å². The number of aromatic nitrogens is 1. The van der Waals surface area contributed by atoms with Crippen LogP contribution in [0.5, 0.6) is 0 Å². The quantitative estimate of drug-likeness (QED) is 0.899. The minimum Gasteiger partial charge on any atom is -0.306 e. The fraction of sp³-hybridized carbons (Fsp3) is 0.800. The number of hydrogen-bond acceptors (Lipinski definition) is 4. The van der Waals surface area contributed by atoms with Crippen molar-refractivity contribution < 1.29 is 0 Å².